The molecule has 0 aliphatic carbocycles. The highest BCUT2D eigenvalue weighted by Gasteiger charge is 2.16. The second kappa shape index (κ2) is 4.25. The monoisotopic (exact) mass is 233 g/mol. The maximum atomic E-state index is 10.8. The molecule has 0 amide bonds. The van der Waals surface area contributed by atoms with Gasteiger partial charge in [0.1, 0.15) is 0 Å². The predicted molar refractivity (Wildman–Crippen MR) is 64.0 cm³/mol. The molecule has 0 unspecified atom stereocenters. The van der Waals surface area contributed by atoms with E-state index in [0.29, 0.717) is 12.1 Å². The topological polar surface area (TPSA) is 81.2 Å². The van der Waals surface area contributed by atoms with Crippen molar-refractivity contribution in [2.75, 3.05) is 11.9 Å². The van der Waals surface area contributed by atoms with Gasteiger partial charge in [0.05, 0.1) is 4.92 Å². The minimum atomic E-state index is -0.479. The van der Waals surface area contributed by atoms with Crippen LogP contribution in [0.1, 0.15) is 6.92 Å². The molecular formula is C11H11N3O3. The molecular weight excluding hydrogens is 222 g/mol. The summed E-state index contributed by atoms with van der Waals surface area (Å²) < 4.78 is 5.34. The van der Waals surface area contributed by atoms with E-state index in [1.807, 2.05) is 6.92 Å². The Bertz CT molecular complexity index is 589. The number of nitro benzene ring substituents is 1. The van der Waals surface area contributed by atoms with Crippen LogP contribution >= 0.6 is 0 Å². The summed E-state index contributed by atoms with van der Waals surface area (Å²) in [5, 5.41) is 13.7. The Balaban J connectivity index is 2.39. The Kier molecular flexibility index (Phi) is 2.78. The van der Waals surface area contributed by atoms with Gasteiger partial charge >= 0.3 is 0 Å². The van der Waals surface area contributed by atoms with Gasteiger partial charge in [0, 0.05) is 12.6 Å². The van der Waals surface area contributed by atoms with Gasteiger partial charge in [-0.15, -0.1) is 0 Å². The van der Waals surface area contributed by atoms with Crippen molar-refractivity contribution in [2.45, 2.75) is 6.92 Å². The van der Waals surface area contributed by atoms with Gasteiger partial charge in [-0.25, -0.2) is 0 Å². The lowest BCUT2D eigenvalue weighted by molar-refractivity contribution is -0.383. The fraction of sp³-hybridized carbons (Fsp3) is 0.182. The zero-order valence-corrected chi connectivity index (χ0v) is 9.27. The van der Waals surface area contributed by atoms with E-state index in [1.165, 1.54) is 6.07 Å². The van der Waals surface area contributed by atoms with Crippen LogP contribution in [0.25, 0.3) is 11.1 Å². The van der Waals surface area contributed by atoms with Crippen LogP contribution in [0, 0.1) is 10.1 Å². The summed E-state index contributed by atoms with van der Waals surface area (Å²) in [7, 11) is 0. The van der Waals surface area contributed by atoms with Gasteiger partial charge in [-0.2, -0.15) is 4.98 Å². The number of anilines is 1. The van der Waals surface area contributed by atoms with Crippen LogP contribution in [0.3, 0.4) is 0 Å². The van der Waals surface area contributed by atoms with Crippen LogP contribution in [0.15, 0.2) is 34.8 Å². The number of oxazole rings is 1. The third-order valence-corrected chi connectivity index (χ3v) is 2.14. The summed E-state index contributed by atoms with van der Waals surface area (Å²) in [4.78, 5) is 14.3. The average molecular weight is 233 g/mol. The molecule has 0 aliphatic heterocycles. The zero-order chi connectivity index (χ0) is 12.4. The number of rotatable bonds is 4. The van der Waals surface area contributed by atoms with Crippen molar-refractivity contribution in [2.24, 2.45) is 0 Å². The molecule has 0 saturated carbocycles. The first-order chi connectivity index (χ1) is 8.08. The first-order valence-electron chi connectivity index (χ1n) is 5.00. The van der Waals surface area contributed by atoms with Crippen molar-refractivity contribution < 1.29 is 9.34 Å². The standard InChI is InChI=1S/C11H11N3O3/c1-7(2)6-12-11-13-10-8(14(15)16)4-3-5-9(10)17-11/h3-5H,1,6H2,2H3,(H,12,13). The average Bonchev–Trinajstić information content (AvgIpc) is 2.68. The predicted octanol–water partition coefficient (Wildman–Crippen LogP) is 2.72. The molecule has 2 aromatic rings. The Morgan fingerprint density at radius 1 is 1.65 bits per heavy atom. The smallest absolute Gasteiger partial charge is 0.298 e. The van der Waals surface area contributed by atoms with Crippen LogP contribution < -0.4 is 5.32 Å². The lowest BCUT2D eigenvalue weighted by Crippen LogP contribution is -2.01. The fourth-order valence-corrected chi connectivity index (χ4v) is 1.38. The van der Waals surface area contributed by atoms with Gasteiger partial charge in [0.25, 0.3) is 11.7 Å². The van der Waals surface area contributed by atoms with E-state index in [1.54, 1.807) is 12.1 Å². The number of hydrogen-bond acceptors (Lipinski definition) is 5. The molecule has 2 rings (SSSR count). The number of benzene rings is 1. The summed E-state index contributed by atoms with van der Waals surface area (Å²) in [6.07, 6.45) is 0. The molecule has 6 nitrogen and oxygen atoms in total. The van der Waals surface area contributed by atoms with Crippen LogP contribution in [0.4, 0.5) is 11.7 Å². The van der Waals surface area contributed by atoms with Crippen LogP contribution in [0.2, 0.25) is 0 Å². The third-order valence-electron chi connectivity index (χ3n) is 2.14. The molecule has 1 N–H and O–H groups in total. The minimum Gasteiger partial charge on any atom is -0.423 e. The van der Waals surface area contributed by atoms with E-state index < -0.39 is 4.92 Å². The Hall–Kier alpha value is -2.37. The van der Waals surface area contributed by atoms with Gasteiger partial charge in [-0.3, -0.25) is 10.1 Å². The number of fused-ring (bicyclic) bond motifs is 1. The number of aromatic nitrogens is 1. The molecule has 0 bridgehead atoms. The number of nitrogens with zero attached hydrogens (tertiary/aromatic N) is 2. The van der Waals surface area contributed by atoms with E-state index in [9.17, 15) is 10.1 Å². The number of nitro groups is 1. The van der Waals surface area contributed by atoms with E-state index in [4.69, 9.17) is 4.42 Å². The highest BCUT2D eigenvalue weighted by molar-refractivity contribution is 5.83. The SMILES string of the molecule is C=C(C)CNc1nc2c([N+](=O)[O-])cccc2o1. The van der Waals surface area contributed by atoms with E-state index >= 15 is 0 Å². The van der Waals surface area contributed by atoms with Gasteiger partial charge in [0.15, 0.2) is 11.1 Å². The highest BCUT2D eigenvalue weighted by Crippen LogP contribution is 2.27. The van der Waals surface area contributed by atoms with E-state index in [0.717, 1.165) is 5.57 Å². The van der Waals surface area contributed by atoms with Crippen molar-refractivity contribution in [3.63, 3.8) is 0 Å². The molecule has 1 aromatic carbocycles. The Morgan fingerprint density at radius 2 is 2.41 bits per heavy atom. The number of nitrogens with one attached hydrogen (secondary N) is 1. The molecule has 6 heteroatoms. The molecule has 17 heavy (non-hydrogen) atoms. The summed E-state index contributed by atoms with van der Waals surface area (Å²) >= 11 is 0. The number of hydrogen-bond donors (Lipinski definition) is 1. The molecule has 0 radical (unpaired) electrons. The largest absolute Gasteiger partial charge is 0.423 e. The number of para-hydroxylation sites is 1. The lowest BCUT2D eigenvalue weighted by atomic mass is 10.3. The van der Waals surface area contributed by atoms with Crippen molar-refractivity contribution in [1.82, 2.24) is 4.98 Å². The second-order valence-electron chi connectivity index (χ2n) is 3.71. The maximum Gasteiger partial charge on any atom is 0.298 e. The Labute approximate surface area is 97.1 Å². The molecule has 0 spiro atoms. The van der Waals surface area contributed by atoms with Crippen LogP contribution in [-0.2, 0) is 0 Å². The molecule has 1 aromatic heterocycles. The number of non-ortho nitro benzene ring substituents is 1. The summed E-state index contributed by atoms with van der Waals surface area (Å²) in [6, 6.07) is 4.86. The van der Waals surface area contributed by atoms with Crippen molar-refractivity contribution in [3.05, 3.63) is 40.5 Å². The quantitative estimate of drug-likeness (QED) is 0.498. The van der Waals surface area contributed by atoms with Gasteiger partial charge in [-0.1, -0.05) is 18.2 Å². The van der Waals surface area contributed by atoms with Crippen LogP contribution in [-0.4, -0.2) is 16.5 Å². The van der Waals surface area contributed by atoms with Crippen molar-refractivity contribution in [1.29, 1.82) is 0 Å². The molecule has 1 heterocycles. The van der Waals surface area contributed by atoms with Crippen molar-refractivity contribution >= 4 is 22.8 Å². The van der Waals surface area contributed by atoms with E-state index in [2.05, 4.69) is 16.9 Å². The lowest BCUT2D eigenvalue weighted by Gasteiger charge is -1.98. The molecule has 0 aliphatic rings. The van der Waals surface area contributed by atoms with Crippen LogP contribution in [0.5, 0.6) is 0 Å². The highest BCUT2D eigenvalue weighted by atomic mass is 16.6. The third kappa shape index (κ3) is 2.25. The maximum absolute atomic E-state index is 10.8. The summed E-state index contributed by atoms with van der Waals surface area (Å²) in [5.74, 6) is 0. The zero-order valence-electron chi connectivity index (χ0n) is 9.27. The molecule has 0 atom stereocenters. The summed E-state index contributed by atoms with van der Waals surface area (Å²) in [5.41, 5.74) is 1.50. The Morgan fingerprint density at radius 3 is 3.06 bits per heavy atom. The minimum absolute atomic E-state index is 0.0605. The second-order valence-corrected chi connectivity index (χ2v) is 3.71. The normalized spacial score (nSPS) is 10.4. The molecule has 0 saturated heterocycles. The van der Waals surface area contributed by atoms with Gasteiger partial charge in [0.2, 0.25) is 0 Å². The first kappa shape index (κ1) is 11.1. The first-order valence-corrected chi connectivity index (χ1v) is 5.00. The summed E-state index contributed by atoms with van der Waals surface area (Å²) in [6.45, 7) is 6.10. The van der Waals surface area contributed by atoms with Gasteiger partial charge in [-0.05, 0) is 13.0 Å². The molecule has 88 valence electrons. The molecule has 0 fully saturated rings. The van der Waals surface area contributed by atoms with Crippen molar-refractivity contribution in [3.8, 4) is 0 Å². The van der Waals surface area contributed by atoms with E-state index in [-0.39, 0.29) is 17.2 Å². The van der Waals surface area contributed by atoms with Gasteiger partial charge < -0.3 is 9.73 Å². The fourth-order valence-electron chi connectivity index (χ4n) is 1.38.